The third-order valence-electron chi connectivity index (χ3n) is 3.59. The van der Waals surface area contributed by atoms with E-state index < -0.39 is 11.7 Å². The number of halogens is 1. The molecule has 5 heteroatoms. The van der Waals surface area contributed by atoms with Gasteiger partial charge in [0.25, 0.3) is 5.91 Å². The number of hydrogen-bond donors (Lipinski definition) is 1. The molecule has 0 spiro atoms. The van der Waals surface area contributed by atoms with Crippen molar-refractivity contribution in [3.05, 3.63) is 101 Å². The molecule has 0 bridgehead atoms. The molecule has 3 aromatic rings. The lowest BCUT2D eigenvalue weighted by Crippen LogP contribution is -2.17. The van der Waals surface area contributed by atoms with E-state index in [-0.39, 0.29) is 0 Å². The topological polar surface area (TPSA) is 50.7 Å². The lowest BCUT2D eigenvalue weighted by Gasteiger charge is -2.06. The van der Waals surface area contributed by atoms with Crippen LogP contribution in [-0.2, 0) is 6.61 Å². The Bertz CT molecular complexity index is 893. The molecule has 1 amide bonds. The van der Waals surface area contributed by atoms with Gasteiger partial charge in [0.05, 0.1) is 6.21 Å². The first-order valence-corrected chi connectivity index (χ1v) is 8.06. The van der Waals surface area contributed by atoms with Crippen molar-refractivity contribution in [2.75, 3.05) is 0 Å². The maximum Gasteiger partial charge on any atom is 0.271 e. The van der Waals surface area contributed by atoms with Crippen molar-refractivity contribution in [2.24, 2.45) is 5.10 Å². The van der Waals surface area contributed by atoms with Crippen LogP contribution < -0.4 is 10.2 Å². The number of amides is 1. The average molecular weight is 348 g/mol. The molecule has 3 aromatic carbocycles. The Hall–Kier alpha value is -3.47. The van der Waals surface area contributed by atoms with E-state index in [4.69, 9.17) is 4.74 Å². The van der Waals surface area contributed by atoms with Gasteiger partial charge >= 0.3 is 0 Å². The lowest BCUT2D eigenvalue weighted by atomic mass is 10.2. The minimum atomic E-state index is -0.405. The number of benzene rings is 3. The molecule has 0 saturated heterocycles. The second-order valence-electron chi connectivity index (χ2n) is 5.55. The fourth-order valence-electron chi connectivity index (χ4n) is 2.26. The maximum atomic E-state index is 12.9. The molecule has 130 valence electrons. The molecule has 3 rings (SSSR count). The number of carbonyl (C=O) groups is 1. The summed E-state index contributed by atoms with van der Waals surface area (Å²) in [6.07, 6.45) is 1.52. The minimum Gasteiger partial charge on any atom is -0.489 e. The molecule has 0 fully saturated rings. The van der Waals surface area contributed by atoms with Gasteiger partial charge in [0, 0.05) is 5.56 Å². The number of nitrogens with zero attached hydrogens (tertiary/aromatic N) is 1. The zero-order valence-electron chi connectivity index (χ0n) is 13.9. The van der Waals surface area contributed by atoms with Crippen molar-refractivity contribution in [3.63, 3.8) is 0 Å². The van der Waals surface area contributed by atoms with Gasteiger partial charge in [0.2, 0.25) is 0 Å². The van der Waals surface area contributed by atoms with E-state index in [0.29, 0.717) is 17.9 Å². The van der Waals surface area contributed by atoms with Crippen LogP contribution in [0.25, 0.3) is 0 Å². The van der Waals surface area contributed by atoms with Gasteiger partial charge < -0.3 is 4.74 Å². The predicted octanol–water partition coefficient (Wildman–Crippen LogP) is 4.17. The Morgan fingerprint density at radius 3 is 2.54 bits per heavy atom. The van der Waals surface area contributed by atoms with Crippen molar-refractivity contribution < 1.29 is 13.9 Å². The van der Waals surface area contributed by atoms with Gasteiger partial charge in [0.15, 0.2) is 0 Å². The van der Waals surface area contributed by atoms with Crippen LogP contribution in [0.3, 0.4) is 0 Å². The summed E-state index contributed by atoms with van der Waals surface area (Å²) in [5, 5.41) is 3.93. The highest BCUT2D eigenvalue weighted by molar-refractivity contribution is 5.94. The Labute approximate surface area is 150 Å². The van der Waals surface area contributed by atoms with Crippen LogP contribution in [0.4, 0.5) is 4.39 Å². The summed E-state index contributed by atoms with van der Waals surface area (Å²) < 4.78 is 18.6. The monoisotopic (exact) mass is 348 g/mol. The molecule has 4 nitrogen and oxygen atoms in total. The number of hydrazone groups is 1. The van der Waals surface area contributed by atoms with Crippen LogP contribution in [-0.4, -0.2) is 12.1 Å². The van der Waals surface area contributed by atoms with Gasteiger partial charge in [-0.3, -0.25) is 4.79 Å². The van der Waals surface area contributed by atoms with E-state index in [1.807, 2.05) is 54.6 Å². The zero-order chi connectivity index (χ0) is 18.2. The molecule has 0 aliphatic heterocycles. The highest BCUT2D eigenvalue weighted by Gasteiger charge is 2.03. The third-order valence-corrected chi connectivity index (χ3v) is 3.59. The summed E-state index contributed by atoms with van der Waals surface area (Å²) in [6.45, 7) is 0.475. The van der Waals surface area contributed by atoms with E-state index in [1.54, 1.807) is 0 Å². The van der Waals surface area contributed by atoms with Gasteiger partial charge in [0.1, 0.15) is 18.2 Å². The minimum absolute atomic E-state index is 0.337. The van der Waals surface area contributed by atoms with Crippen molar-refractivity contribution in [1.82, 2.24) is 5.43 Å². The number of carbonyl (C=O) groups excluding carboxylic acids is 1. The van der Waals surface area contributed by atoms with Crippen molar-refractivity contribution in [1.29, 1.82) is 0 Å². The van der Waals surface area contributed by atoms with Crippen LogP contribution in [0.15, 0.2) is 84.0 Å². The zero-order valence-corrected chi connectivity index (χ0v) is 13.9. The highest BCUT2D eigenvalue weighted by Crippen LogP contribution is 2.14. The van der Waals surface area contributed by atoms with Gasteiger partial charge in [-0.25, -0.2) is 9.82 Å². The maximum absolute atomic E-state index is 12.9. The van der Waals surface area contributed by atoms with Crippen LogP contribution in [0.5, 0.6) is 5.75 Å². The van der Waals surface area contributed by atoms with Crippen LogP contribution in [0.2, 0.25) is 0 Å². The second kappa shape index (κ2) is 8.58. The Morgan fingerprint density at radius 1 is 1.00 bits per heavy atom. The smallest absolute Gasteiger partial charge is 0.271 e. The van der Waals surface area contributed by atoms with Crippen molar-refractivity contribution in [3.8, 4) is 5.75 Å². The summed E-state index contributed by atoms with van der Waals surface area (Å²) in [5.74, 6) is -0.0854. The van der Waals surface area contributed by atoms with Gasteiger partial charge in [-0.1, -0.05) is 42.5 Å². The first-order chi connectivity index (χ1) is 12.7. The molecular formula is C21H17FN2O2. The SMILES string of the molecule is O=C(N/N=C\c1cccc(OCc2ccccc2)c1)c1ccc(F)cc1. The third kappa shape index (κ3) is 5.01. The average Bonchev–Trinajstić information content (AvgIpc) is 2.68. The standard InChI is InChI=1S/C21H17FN2O2/c22-19-11-9-18(10-12-19)21(25)24-23-14-17-7-4-8-20(13-17)26-15-16-5-2-1-3-6-16/h1-14H,15H2,(H,24,25)/b23-14-. The van der Waals surface area contributed by atoms with Gasteiger partial charge in [-0.05, 0) is 47.5 Å². The van der Waals surface area contributed by atoms with E-state index in [9.17, 15) is 9.18 Å². The molecule has 0 unspecified atom stereocenters. The molecule has 0 saturated carbocycles. The lowest BCUT2D eigenvalue weighted by molar-refractivity contribution is 0.0955. The molecular weight excluding hydrogens is 331 g/mol. The first kappa shape index (κ1) is 17.4. The van der Waals surface area contributed by atoms with Gasteiger partial charge in [-0.2, -0.15) is 5.10 Å². The molecule has 0 aliphatic carbocycles. The van der Waals surface area contributed by atoms with Crippen LogP contribution in [0, 0.1) is 5.82 Å². The molecule has 0 atom stereocenters. The molecule has 0 heterocycles. The fourth-order valence-corrected chi connectivity index (χ4v) is 2.26. The molecule has 26 heavy (non-hydrogen) atoms. The molecule has 1 N–H and O–H groups in total. The molecule has 0 aliphatic rings. The summed E-state index contributed by atoms with van der Waals surface area (Å²) >= 11 is 0. The fraction of sp³-hybridized carbons (Fsp3) is 0.0476. The largest absolute Gasteiger partial charge is 0.489 e. The van der Waals surface area contributed by atoms with Gasteiger partial charge in [-0.15, -0.1) is 0 Å². The summed E-state index contributed by atoms with van der Waals surface area (Å²) in [6, 6.07) is 22.5. The molecule has 0 aromatic heterocycles. The van der Waals surface area contributed by atoms with E-state index >= 15 is 0 Å². The summed E-state index contributed by atoms with van der Waals surface area (Å²) in [7, 11) is 0. The Morgan fingerprint density at radius 2 is 1.77 bits per heavy atom. The number of hydrogen-bond acceptors (Lipinski definition) is 3. The first-order valence-electron chi connectivity index (χ1n) is 8.06. The summed E-state index contributed by atoms with van der Waals surface area (Å²) in [4.78, 5) is 11.9. The van der Waals surface area contributed by atoms with E-state index in [0.717, 1.165) is 11.1 Å². The van der Waals surface area contributed by atoms with Crippen molar-refractivity contribution in [2.45, 2.75) is 6.61 Å². The Kier molecular flexibility index (Phi) is 5.72. The summed E-state index contributed by atoms with van der Waals surface area (Å²) in [5.41, 5.74) is 4.62. The highest BCUT2D eigenvalue weighted by atomic mass is 19.1. The quantitative estimate of drug-likeness (QED) is 0.537. The second-order valence-corrected chi connectivity index (χ2v) is 5.55. The normalized spacial score (nSPS) is 10.7. The Balaban J connectivity index is 1.56. The predicted molar refractivity (Wildman–Crippen MR) is 98.7 cm³/mol. The van der Waals surface area contributed by atoms with E-state index in [1.165, 1.54) is 30.5 Å². The van der Waals surface area contributed by atoms with Crippen LogP contribution in [0.1, 0.15) is 21.5 Å². The van der Waals surface area contributed by atoms with Crippen molar-refractivity contribution >= 4 is 12.1 Å². The number of nitrogens with one attached hydrogen (secondary N) is 1. The molecule has 0 radical (unpaired) electrons. The van der Waals surface area contributed by atoms with E-state index in [2.05, 4.69) is 10.5 Å². The number of rotatable bonds is 6. The number of ether oxygens (including phenoxy) is 1. The van der Waals surface area contributed by atoms with Crippen LogP contribution >= 0.6 is 0 Å².